The molecule has 0 aromatic heterocycles. The molecule has 0 spiro atoms. The van der Waals surface area contributed by atoms with E-state index in [1.165, 1.54) is 44.9 Å². The van der Waals surface area contributed by atoms with Crippen LogP contribution in [0.5, 0.6) is 5.75 Å². The van der Waals surface area contributed by atoms with Crippen LogP contribution in [0.1, 0.15) is 68.1 Å². The number of hydrogen-bond acceptors (Lipinski definition) is 2. The molecule has 0 heterocycles. The van der Waals surface area contributed by atoms with Gasteiger partial charge < -0.3 is 9.84 Å². The predicted molar refractivity (Wildman–Crippen MR) is 116 cm³/mol. The Balaban J connectivity index is 1.60. The second-order valence-corrected chi connectivity index (χ2v) is 7.16. The Hall–Kier alpha value is -2.55. The molecule has 28 heavy (non-hydrogen) atoms. The van der Waals surface area contributed by atoms with Crippen LogP contribution in [-0.2, 0) is 0 Å². The average molecular weight is 381 g/mol. The molecular formula is C25H32O3. The van der Waals surface area contributed by atoms with E-state index in [1.54, 1.807) is 12.1 Å². The van der Waals surface area contributed by atoms with Gasteiger partial charge in [0.1, 0.15) is 5.75 Å². The summed E-state index contributed by atoms with van der Waals surface area (Å²) >= 11 is 0. The van der Waals surface area contributed by atoms with Gasteiger partial charge in [0.25, 0.3) is 0 Å². The first-order valence-electron chi connectivity index (χ1n) is 10.4. The third kappa shape index (κ3) is 7.99. The van der Waals surface area contributed by atoms with E-state index in [2.05, 4.69) is 6.58 Å². The highest BCUT2D eigenvalue weighted by Crippen LogP contribution is 2.23. The van der Waals surface area contributed by atoms with E-state index in [0.29, 0.717) is 5.56 Å². The molecule has 2 rings (SSSR count). The number of carboxylic acid groups (broad SMARTS) is 1. The predicted octanol–water partition coefficient (Wildman–Crippen LogP) is 7.13. The van der Waals surface area contributed by atoms with E-state index >= 15 is 0 Å². The molecule has 0 unspecified atom stereocenters. The minimum Gasteiger partial charge on any atom is -0.494 e. The minimum atomic E-state index is -0.904. The van der Waals surface area contributed by atoms with Crippen molar-refractivity contribution in [3.63, 3.8) is 0 Å². The molecule has 0 saturated heterocycles. The van der Waals surface area contributed by atoms with Gasteiger partial charge in [-0.25, -0.2) is 4.79 Å². The summed E-state index contributed by atoms with van der Waals surface area (Å²) in [4.78, 5) is 10.9. The van der Waals surface area contributed by atoms with Gasteiger partial charge in [-0.2, -0.15) is 0 Å². The number of aromatic carboxylic acids is 1. The van der Waals surface area contributed by atoms with Gasteiger partial charge in [-0.15, -0.1) is 6.58 Å². The lowest BCUT2D eigenvalue weighted by Crippen LogP contribution is -1.97. The summed E-state index contributed by atoms with van der Waals surface area (Å²) in [5.41, 5.74) is 2.36. The maximum atomic E-state index is 10.9. The molecule has 0 aliphatic heterocycles. The Morgan fingerprint density at radius 1 is 0.786 bits per heavy atom. The lowest BCUT2D eigenvalue weighted by molar-refractivity contribution is 0.0697. The number of unbranched alkanes of at least 4 members (excludes halogenated alkanes) is 8. The smallest absolute Gasteiger partial charge is 0.335 e. The lowest BCUT2D eigenvalue weighted by Gasteiger charge is -2.08. The first-order valence-corrected chi connectivity index (χ1v) is 10.4. The Morgan fingerprint density at radius 3 is 1.82 bits per heavy atom. The molecule has 150 valence electrons. The topological polar surface area (TPSA) is 46.5 Å². The normalized spacial score (nSPS) is 10.6. The van der Waals surface area contributed by atoms with Gasteiger partial charge in [-0.05, 0) is 54.7 Å². The first-order chi connectivity index (χ1) is 13.7. The molecule has 0 saturated carbocycles. The molecule has 0 atom stereocenters. The zero-order valence-corrected chi connectivity index (χ0v) is 16.7. The molecule has 1 N–H and O–H groups in total. The molecule has 0 aliphatic rings. The number of benzene rings is 2. The van der Waals surface area contributed by atoms with Crippen molar-refractivity contribution in [3.05, 3.63) is 66.7 Å². The van der Waals surface area contributed by atoms with Crippen molar-refractivity contribution in [1.82, 2.24) is 0 Å². The SMILES string of the molecule is C=CCCCCCCCCCCOc1ccc(-c2ccc(C(=O)O)cc2)cc1. The summed E-state index contributed by atoms with van der Waals surface area (Å²) in [7, 11) is 0. The molecule has 2 aromatic rings. The molecule has 0 fully saturated rings. The Kier molecular flexibility index (Phi) is 9.92. The van der Waals surface area contributed by atoms with Gasteiger partial charge in [0.15, 0.2) is 0 Å². The molecule has 2 aromatic carbocycles. The van der Waals surface area contributed by atoms with Crippen molar-refractivity contribution in [2.75, 3.05) is 6.61 Å². The van der Waals surface area contributed by atoms with Gasteiger partial charge >= 0.3 is 5.97 Å². The largest absolute Gasteiger partial charge is 0.494 e. The maximum absolute atomic E-state index is 10.9. The zero-order valence-electron chi connectivity index (χ0n) is 16.7. The maximum Gasteiger partial charge on any atom is 0.335 e. The van der Waals surface area contributed by atoms with E-state index in [-0.39, 0.29) is 0 Å². The summed E-state index contributed by atoms with van der Waals surface area (Å²) < 4.78 is 5.83. The highest BCUT2D eigenvalue weighted by molar-refractivity contribution is 5.88. The molecule has 3 heteroatoms. The number of allylic oxidation sites excluding steroid dienone is 1. The van der Waals surface area contributed by atoms with Crippen LogP contribution < -0.4 is 4.74 Å². The molecule has 0 amide bonds. The van der Waals surface area contributed by atoms with Gasteiger partial charge in [-0.1, -0.05) is 68.9 Å². The third-order valence-electron chi connectivity index (χ3n) is 4.89. The van der Waals surface area contributed by atoms with E-state index in [1.807, 2.05) is 42.5 Å². The second-order valence-electron chi connectivity index (χ2n) is 7.16. The van der Waals surface area contributed by atoms with Crippen molar-refractivity contribution in [2.24, 2.45) is 0 Å². The van der Waals surface area contributed by atoms with Crippen LogP contribution in [0.15, 0.2) is 61.2 Å². The lowest BCUT2D eigenvalue weighted by atomic mass is 10.0. The van der Waals surface area contributed by atoms with Crippen LogP contribution >= 0.6 is 0 Å². The quantitative estimate of drug-likeness (QED) is 0.280. The van der Waals surface area contributed by atoms with Crippen LogP contribution in [-0.4, -0.2) is 17.7 Å². The Labute approximate surface area is 169 Å². The minimum absolute atomic E-state index is 0.302. The van der Waals surface area contributed by atoms with E-state index < -0.39 is 5.97 Å². The van der Waals surface area contributed by atoms with Crippen molar-refractivity contribution in [1.29, 1.82) is 0 Å². The van der Waals surface area contributed by atoms with Crippen molar-refractivity contribution in [3.8, 4) is 16.9 Å². The summed E-state index contributed by atoms with van der Waals surface area (Å²) in [6.07, 6.45) is 13.4. The summed E-state index contributed by atoms with van der Waals surface area (Å²) in [5, 5.41) is 8.97. The summed E-state index contributed by atoms with van der Waals surface area (Å²) in [6.45, 7) is 4.51. The highest BCUT2D eigenvalue weighted by Gasteiger charge is 2.03. The van der Waals surface area contributed by atoms with Crippen molar-refractivity contribution in [2.45, 2.75) is 57.8 Å². The number of carbonyl (C=O) groups is 1. The van der Waals surface area contributed by atoms with E-state index in [4.69, 9.17) is 9.84 Å². The van der Waals surface area contributed by atoms with Crippen LogP contribution in [0, 0.1) is 0 Å². The molecule has 3 nitrogen and oxygen atoms in total. The van der Waals surface area contributed by atoms with Gasteiger partial charge in [0.05, 0.1) is 12.2 Å². The molecule has 0 bridgehead atoms. The fourth-order valence-corrected chi connectivity index (χ4v) is 3.19. The fourth-order valence-electron chi connectivity index (χ4n) is 3.19. The van der Waals surface area contributed by atoms with E-state index in [0.717, 1.165) is 36.3 Å². The average Bonchev–Trinajstić information content (AvgIpc) is 2.72. The number of ether oxygens (including phenoxy) is 1. The van der Waals surface area contributed by atoms with Gasteiger partial charge in [0, 0.05) is 0 Å². The van der Waals surface area contributed by atoms with Gasteiger partial charge in [0.2, 0.25) is 0 Å². The standard InChI is InChI=1S/C25H32O3/c1-2-3-4-5-6-7-8-9-10-11-20-28-24-18-16-22(17-19-24)21-12-14-23(15-13-21)25(26)27/h2,12-19H,1,3-11,20H2,(H,26,27). The summed E-state index contributed by atoms with van der Waals surface area (Å²) in [6, 6.07) is 14.9. The van der Waals surface area contributed by atoms with Crippen LogP contribution in [0.4, 0.5) is 0 Å². The van der Waals surface area contributed by atoms with Crippen molar-refractivity contribution < 1.29 is 14.6 Å². The Morgan fingerprint density at radius 2 is 1.29 bits per heavy atom. The number of rotatable bonds is 14. The monoisotopic (exact) mass is 380 g/mol. The Bertz CT molecular complexity index is 702. The van der Waals surface area contributed by atoms with Crippen molar-refractivity contribution >= 4 is 5.97 Å². The molecular weight excluding hydrogens is 348 g/mol. The summed E-state index contributed by atoms with van der Waals surface area (Å²) in [5.74, 6) is -0.0214. The number of carboxylic acids is 1. The molecule has 0 aliphatic carbocycles. The van der Waals surface area contributed by atoms with Crippen LogP contribution in [0.25, 0.3) is 11.1 Å². The third-order valence-corrected chi connectivity index (χ3v) is 4.89. The second kappa shape index (κ2) is 12.8. The van der Waals surface area contributed by atoms with Crippen LogP contribution in [0.3, 0.4) is 0 Å². The van der Waals surface area contributed by atoms with Gasteiger partial charge in [-0.3, -0.25) is 0 Å². The zero-order chi connectivity index (χ0) is 20.0. The van der Waals surface area contributed by atoms with Crippen LogP contribution in [0.2, 0.25) is 0 Å². The number of hydrogen-bond donors (Lipinski definition) is 1. The fraction of sp³-hybridized carbons (Fsp3) is 0.400. The highest BCUT2D eigenvalue weighted by atomic mass is 16.5. The molecule has 0 radical (unpaired) electrons. The first kappa shape index (κ1) is 21.7. The van der Waals surface area contributed by atoms with E-state index in [9.17, 15) is 4.79 Å².